The lowest BCUT2D eigenvalue weighted by Gasteiger charge is -2.43. The Labute approximate surface area is 194 Å². The standard InChI is InChI=1S/C25H46N2O5/c1-17-15-19(16-18(2)27(17)23(29)32-24(3,4)5)13-14-31-21-11-9-20(10-12-21)26-25(6,7)22(28)30-8/h17-21,26H,9-16H2,1-8H3/t17-,18+,19?,20-,21-. The Kier molecular flexibility index (Phi) is 9.41. The molecule has 0 aromatic heterocycles. The van der Waals surface area contributed by atoms with Gasteiger partial charge in [-0.05, 0) is 99.3 Å². The van der Waals surface area contributed by atoms with Crippen LogP contribution < -0.4 is 5.32 Å². The quantitative estimate of drug-likeness (QED) is 0.563. The van der Waals surface area contributed by atoms with E-state index in [1.54, 1.807) is 0 Å². The number of ether oxygens (including phenoxy) is 3. The molecule has 1 aliphatic carbocycles. The highest BCUT2D eigenvalue weighted by molar-refractivity contribution is 5.79. The molecule has 32 heavy (non-hydrogen) atoms. The Balaban J connectivity index is 1.70. The number of nitrogens with one attached hydrogen (secondary N) is 1. The maximum Gasteiger partial charge on any atom is 0.410 e. The average molecular weight is 455 g/mol. The second-order valence-electron chi connectivity index (χ2n) is 11.3. The zero-order valence-electron chi connectivity index (χ0n) is 21.5. The van der Waals surface area contributed by atoms with E-state index in [-0.39, 0.29) is 24.1 Å². The van der Waals surface area contributed by atoms with E-state index < -0.39 is 11.1 Å². The fourth-order valence-corrected chi connectivity index (χ4v) is 5.23. The fourth-order valence-electron chi connectivity index (χ4n) is 5.23. The van der Waals surface area contributed by atoms with E-state index in [1.165, 1.54) is 7.11 Å². The number of carbonyl (C=O) groups is 2. The molecule has 1 heterocycles. The van der Waals surface area contributed by atoms with Crippen molar-refractivity contribution in [1.82, 2.24) is 10.2 Å². The van der Waals surface area contributed by atoms with Crippen molar-refractivity contribution in [3.8, 4) is 0 Å². The van der Waals surface area contributed by atoms with Crippen LogP contribution in [0.4, 0.5) is 4.79 Å². The van der Waals surface area contributed by atoms with Gasteiger partial charge in [-0.25, -0.2) is 4.79 Å². The molecule has 0 radical (unpaired) electrons. The zero-order chi connectivity index (χ0) is 24.1. The first-order valence-electron chi connectivity index (χ1n) is 12.3. The molecule has 2 aliphatic rings. The van der Waals surface area contributed by atoms with Gasteiger partial charge in [-0.15, -0.1) is 0 Å². The topological polar surface area (TPSA) is 77.1 Å². The summed E-state index contributed by atoms with van der Waals surface area (Å²) < 4.78 is 16.7. The molecule has 1 N–H and O–H groups in total. The van der Waals surface area contributed by atoms with Gasteiger partial charge in [0, 0.05) is 24.7 Å². The molecule has 7 heteroatoms. The molecular formula is C25H46N2O5. The van der Waals surface area contributed by atoms with Crippen molar-refractivity contribution in [1.29, 1.82) is 0 Å². The monoisotopic (exact) mass is 454 g/mol. The van der Waals surface area contributed by atoms with Gasteiger partial charge in [0.25, 0.3) is 0 Å². The summed E-state index contributed by atoms with van der Waals surface area (Å²) in [4.78, 5) is 26.4. The van der Waals surface area contributed by atoms with Crippen LogP contribution >= 0.6 is 0 Å². The Bertz CT molecular complexity index is 610. The minimum atomic E-state index is -0.658. The molecule has 0 aromatic rings. The molecule has 0 aromatic carbocycles. The molecular weight excluding hydrogens is 408 g/mol. The molecule has 1 amide bonds. The van der Waals surface area contributed by atoms with Gasteiger partial charge in [0.15, 0.2) is 0 Å². The second-order valence-corrected chi connectivity index (χ2v) is 11.3. The van der Waals surface area contributed by atoms with Gasteiger partial charge >= 0.3 is 12.1 Å². The van der Waals surface area contributed by atoms with Crippen molar-refractivity contribution >= 4 is 12.1 Å². The summed E-state index contributed by atoms with van der Waals surface area (Å²) in [6.07, 6.45) is 7.15. The number of amides is 1. The number of nitrogens with zero attached hydrogens (tertiary/aromatic N) is 1. The molecule has 3 atom stereocenters. The van der Waals surface area contributed by atoms with Crippen LogP contribution in [0.3, 0.4) is 0 Å². The lowest BCUT2D eigenvalue weighted by atomic mass is 9.85. The van der Waals surface area contributed by atoms with Crippen molar-refractivity contribution in [2.45, 2.75) is 129 Å². The molecule has 186 valence electrons. The van der Waals surface area contributed by atoms with Crippen LogP contribution in [0.1, 0.15) is 93.4 Å². The van der Waals surface area contributed by atoms with Gasteiger partial charge in [-0.2, -0.15) is 0 Å². The van der Waals surface area contributed by atoms with E-state index in [0.29, 0.717) is 18.1 Å². The maximum absolute atomic E-state index is 12.6. The van der Waals surface area contributed by atoms with E-state index >= 15 is 0 Å². The Morgan fingerprint density at radius 2 is 1.53 bits per heavy atom. The van der Waals surface area contributed by atoms with Crippen molar-refractivity contribution in [2.24, 2.45) is 5.92 Å². The third kappa shape index (κ3) is 7.91. The number of esters is 1. The normalized spacial score (nSPS) is 29.5. The average Bonchev–Trinajstić information content (AvgIpc) is 2.66. The lowest BCUT2D eigenvalue weighted by Crippen LogP contribution is -2.53. The molecule has 1 saturated heterocycles. The maximum atomic E-state index is 12.6. The number of hydrogen-bond donors (Lipinski definition) is 1. The number of hydrogen-bond acceptors (Lipinski definition) is 6. The Morgan fingerprint density at radius 1 is 0.969 bits per heavy atom. The van der Waals surface area contributed by atoms with Crippen LogP contribution in [0.25, 0.3) is 0 Å². The fraction of sp³-hybridized carbons (Fsp3) is 0.920. The van der Waals surface area contributed by atoms with Crippen LogP contribution in [0.5, 0.6) is 0 Å². The van der Waals surface area contributed by atoms with Gasteiger partial charge in [0.2, 0.25) is 0 Å². The number of carbonyl (C=O) groups excluding carboxylic acids is 2. The third-order valence-electron chi connectivity index (χ3n) is 6.72. The Hall–Kier alpha value is -1.34. The van der Waals surface area contributed by atoms with E-state index in [1.807, 2.05) is 39.5 Å². The summed E-state index contributed by atoms with van der Waals surface area (Å²) in [6, 6.07) is 0.680. The van der Waals surface area contributed by atoms with Gasteiger partial charge in [-0.3, -0.25) is 10.1 Å². The first kappa shape index (κ1) is 26.9. The SMILES string of the molecule is COC(=O)C(C)(C)N[C@H]1CC[C@H](OCCC2C[C@@H](C)N(C(=O)OC(C)(C)C)[C@@H](C)C2)CC1. The predicted molar refractivity (Wildman–Crippen MR) is 126 cm³/mol. The van der Waals surface area contributed by atoms with Gasteiger partial charge in [0.05, 0.1) is 13.2 Å². The number of rotatable bonds is 7. The van der Waals surface area contributed by atoms with E-state index in [2.05, 4.69) is 19.2 Å². The van der Waals surface area contributed by atoms with E-state index in [4.69, 9.17) is 14.2 Å². The Morgan fingerprint density at radius 3 is 2.03 bits per heavy atom. The van der Waals surface area contributed by atoms with Crippen molar-refractivity contribution in [2.75, 3.05) is 13.7 Å². The largest absolute Gasteiger partial charge is 0.468 e. The summed E-state index contributed by atoms with van der Waals surface area (Å²) in [5.41, 5.74) is -1.13. The third-order valence-corrected chi connectivity index (χ3v) is 6.72. The van der Waals surface area contributed by atoms with Crippen LogP contribution in [0.15, 0.2) is 0 Å². The highest BCUT2D eigenvalue weighted by Crippen LogP contribution is 2.32. The molecule has 2 rings (SSSR count). The van der Waals surface area contributed by atoms with E-state index in [9.17, 15) is 9.59 Å². The number of piperidine rings is 1. The minimum Gasteiger partial charge on any atom is -0.468 e. The van der Waals surface area contributed by atoms with Crippen LogP contribution in [-0.2, 0) is 19.0 Å². The second kappa shape index (κ2) is 11.2. The van der Waals surface area contributed by atoms with Crippen molar-refractivity contribution < 1.29 is 23.8 Å². The van der Waals surface area contributed by atoms with Crippen molar-refractivity contribution in [3.05, 3.63) is 0 Å². The summed E-state index contributed by atoms with van der Waals surface area (Å²) in [5, 5.41) is 3.44. The lowest BCUT2D eigenvalue weighted by molar-refractivity contribution is -0.147. The molecule has 0 bridgehead atoms. The molecule has 0 spiro atoms. The molecule has 1 aliphatic heterocycles. The molecule has 2 fully saturated rings. The number of likely N-dealkylation sites (tertiary alicyclic amines) is 1. The van der Waals surface area contributed by atoms with Gasteiger partial charge in [0.1, 0.15) is 11.1 Å². The van der Waals surface area contributed by atoms with Crippen molar-refractivity contribution in [3.63, 3.8) is 0 Å². The number of methoxy groups -OCH3 is 1. The van der Waals surface area contributed by atoms with Crippen LogP contribution in [0, 0.1) is 5.92 Å². The smallest absolute Gasteiger partial charge is 0.410 e. The van der Waals surface area contributed by atoms with E-state index in [0.717, 1.165) is 51.6 Å². The first-order valence-corrected chi connectivity index (χ1v) is 12.3. The highest BCUT2D eigenvalue weighted by Gasteiger charge is 2.37. The molecule has 1 saturated carbocycles. The molecule has 1 unspecified atom stereocenters. The summed E-state index contributed by atoms with van der Waals surface area (Å²) in [7, 11) is 1.43. The predicted octanol–water partition coefficient (Wildman–Crippen LogP) is 4.67. The first-order chi connectivity index (χ1) is 14.8. The van der Waals surface area contributed by atoms with Gasteiger partial charge < -0.3 is 19.1 Å². The highest BCUT2D eigenvalue weighted by atomic mass is 16.6. The van der Waals surface area contributed by atoms with Crippen LogP contribution in [0.2, 0.25) is 0 Å². The molecule has 7 nitrogen and oxygen atoms in total. The summed E-state index contributed by atoms with van der Waals surface area (Å²) >= 11 is 0. The minimum absolute atomic E-state index is 0.179. The van der Waals surface area contributed by atoms with Crippen LogP contribution in [-0.4, -0.2) is 66.0 Å². The van der Waals surface area contributed by atoms with Gasteiger partial charge in [-0.1, -0.05) is 0 Å². The summed E-state index contributed by atoms with van der Waals surface area (Å²) in [5.74, 6) is 0.342. The zero-order valence-corrected chi connectivity index (χ0v) is 21.5. The summed E-state index contributed by atoms with van der Waals surface area (Å²) in [6.45, 7) is 14.5.